The highest BCUT2D eigenvalue weighted by molar-refractivity contribution is 6.15. The van der Waals surface area contributed by atoms with Gasteiger partial charge in [0.1, 0.15) is 11.2 Å². The SMILES string of the molecule is c1ccc2c(c1)ccc1c3cc(C4CCC5C(C4)C4CCCC6C7CCCCC7C7CCCC5C7C64)ccc3oc21. The van der Waals surface area contributed by atoms with Crippen molar-refractivity contribution in [3.8, 4) is 0 Å². The normalized spacial score (nSPS) is 41.6. The minimum Gasteiger partial charge on any atom is -0.455 e. The summed E-state index contributed by atoms with van der Waals surface area (Å²) in [5.74, 6) is 11.5. The Balaban J connectivity index is 1.01. The predicted octanol–water partition coefficient (Wildman–Crippen LogP) is 11.1. The summed E-state index contributed by atoms with van der Waals surface area (Å²) in [6.07, 6.45) is 20.0. The number of hydrogen-bond acceptors (Lipinski definition) is 1. The van der Waals surface area contributed by atoms with E-state index in [0.717, 1.165) is 76.3 Å². The van der Waals surface area contributed by atoms with Crippen LogP contribution >= 0.6 is 0 Å². The number of fused-ring (bicyclic) bond motifs is 11. The van der Waals surface area contributed by atoms with E-state index in [1.165, 1.54) is 60.1 Å². The van der Waals surface area contributed by atoms with E-state index < -0.39 is 0 Å². The van der Waals surface area contributed by atoms with E-state index in [4.69, 9.17) is 4.42 Å². The highest BCUT2D eigenvalue weighted by Crippen LogP contribution is 2.69. The summed E-state index contributed by atoms with van der Waals surface area (Å²) in [4.78, 5) is 0. The van der Waals surface area contributed by atoms with Crippen molar-refractivity contribution in [2.45, 2.75) is 89.4 Å². The Morgan fingerprint density at radius 3 is 1.90 bits per heavy atom. The van der Waals surface area contributed by atoms with Gasteiger partial charge in [-0.15, -0.1) is 0 Å². The molecule has 6 aliphatic rings. The largest absolute Gasteiger partial charge is 0.455 e. The molecule has 6 saturated carbocycles. The summed E-state index contributed by atoms with van der Waals surface area (Å²) < 4.78 is 6.50. The Kier molecular flexibility index (Phi) is 5.38. The topological polar surface area (TPSA) is 13.1 Å². The molecule has 11 atom stereocenters. The van der Waals surface area contributed by atoms with Gasteiger partial charge in [0.15, 0.2) is 0 Å². The molecule has 10 rings (SSSR count). The third-order valence-corrected chi connectivity index (χ3v) is 14.5. The lowest BCUT2D eigenvalue weighted by molar-refractivity contribution is -0.188. The van der Waals surface area contributed by atoms with Crippen molar-refractivity contribution in [1.82, 2.24) is 0 Å². The number of rotatable bonds is 1. The molecule has 0 aliphatic heterocycles. The zero-order valence-corrected chi connectivity index (χ0v) is 24.6. The average molecular weight is 543 g/mol. The molecule has 41 heavy (non-hydrogen) atoms. The van der Waals surface area contributed by atoms with Crippen LogP contribution in [0.2, 0.25) is 0 Å². The number of hydrogen-bond donors (Lipinski definition) is 0. The van der Waals surface area contributed by atoms with Crippen molar-refractivity contribution in [2.75, 3.05) is 0 Å². The molecule has 0 saturated heterocycles. The molecule has 1 heterocycles. The molecular formula is C40H46O. The van der Waals surface area contributed by atoms with E-state index in [-0.39, 0.29) is 0 Å². The van der Waals surface area contributed by atoms with Gasteiger partial charge in [-0.1, -0.05) is 62.1 Å². The van der Waals surface area contributed by atoms with Crippen molar-refractivity contribution in [3.05, 3.63) is 60.2 Å². The number of furan rings is 1. The molecule has 1 aromatic heterocycles. The first kappa shape index (κ1) is 24.2. The van der Waals surface area contributed by atoms with Gasteiger partial charge in [-0.25, -0.2) is 0 Å². The Hall–Kier alpha value is -2.28. The lowest BCUT2D eigenvalue weighted by Gasteiger charge is -2.67. The summed E-state index contributed by atoms with van der Waals surface area (Å²) in [5, 5.41) is 5.14. The Labute approximate surface area is 245 Å². The van der Waals surface area contributed by atoms with Crippen molar-refractivity contribution in [1.29, 1.82) is 0 Å². The second-order valence-corrected chi connectivity index (χ2v) is 15.6. The Bertz CT molecular complexity index is 1630. The molecule has 0 amide bonds. The zero-order chi connectivity index (χ0) is 26.7. The lowest BCUT2D eigenvalue weighted by Crippen LogP contribution is -2.61. The Morgan fingerprint density at radius 1 is 0.488 bits per heavy atom. The van der Waals surface area contributed by atoms with Gasteiger partial charge in [0, 0.05) is 16.2 Å². The van der Waals surface area contributed by atoms with Crippen LogP contribution in [0.1, 0.15) is 95.0 Å². The predicted molar refractivity (Wildman–Crippen MR) is 169 cm³/mol. The fourth-order valence-corrected chi connectivity index (χ4v) is 13.3. The molecule has 4 aromatic rings. The van der Waals surface area contributed by atoms with Crippen LogP contribution in [0, 0.1) is 59.2 Å². The molecular weight excluding hydrogens is 496 g/mol. The molecule has 0 radical (unpaired) electrons. The first-order valence-corrected chi connectivity index (χ1v) is 17.7. The molecule has 11 unspecified atom stereocenters. The molecule has 6 fully saturated rings. The van der Waals surface area contributed by atoms with Gasteiger partial charge < -0.3 is 4.42 Å². The number of benzene rings is 3. The van der Waals surface area contributed by atoms with E-state index >= 15 is 0 Å². The summed E-state index contributed by atoms with van der Waals surface area (Å²) in [6.45, 7) is 0. The summed E-state index contributed by atoms with van der Waals surface area (Å²) >= 11 is 0. The van der Waals surface area contributed by atoms with Crippen LogP contribution in [0.3, 0.4) is 0 Å². The highest BCUT2D eigenvalue weighted by Gasteiger charge is 2.62. The third-order valence-electron chi connectivity index (χ3n) is 14.5. The lowest BCUT2D eigenvalue weighted by atomic mass is 9.37. The van der Waals surface area contributed by atoms with Crippen molar-refractivity contribution in [2.24, 2.45) is 59.2 Å². The second kappa shape index (κ2) is 9.11. The minimum absolute atomic E-state index is 0.730. The first-order valence-electron chi connectivity index (χ1n) is 17.7. The highest BCUT2D eigenvalue weighted by atomic mass is 16.3. The van der Waals surface area contributed by atoms with Gasteiger partial charge in [-0.3, -0.25) is 0 Å². The molecule has 1 heteroatoms. The summed E-state index contributed by atoms with van der Waals surface area (Å²) in [5.41, 5.74) is 3.72. The van der Waals surface area contributed by atoms with Crippen LogP contribution in [0.15, 0.2) is 59.0 Å². The monoisotopic (exact) mass is 542 g/mol. The van der Waals surface area contributed by atoms with E-state index in [1.54, 1.807) is 50.5 Å². The standard InChI is InChI=1S/C40H46O/c1-2-8-26-23(7-1)15-19-34-36-22-25(17-20-37(36)41-40(26)34)24-16-18-29-32-13-5-11-30-27-9-3-4-10-28(27)31-12-6-14-33(35(29)21-24)39(31)38(30)32/h1-2,7-8,15,17,19-20,22,24,27-33,35,38-39H,3-6,9-14,16,18,21H2. The minimum atomic E-state index is 0.730. The molecule has 0 bridgehead atoms. The van der Waals surface area contributed by atoms with Crippen LogP contribution in [0.25, 0.3) is 32.7 Å². The van der Waals surface area contributed by atoms with Crippen LogP contribution in [-0.4, -0.2) is 0 Å². The summed E-state index contributed by atoms with van der Waals surface area (Å²) in [6, 6.07) is 20.5. The molecule has 212 valence electrons. The van der Waals surface area contributed by atoms with Crippen LogP contribution in [0.4, 0.5) is 0 Å². The molecule has 3 aromatic carbocycles. The van der Waals surface area contributed by atoms with Gasteiger partial charge in [-0.05, 0) is 152 Å². The molecule has 6 aliphatic carbocycles. The second-order valence-electron chi connectivity index (χ2n) is 15.6. The van der Waals surface area contributed by atoms with Crippen LogP contribution in [-0.2, 0) is 0 Å². The maximum atomic E-state index is 6.50. The summed E-state index contributed by atoms with van der Waals surface area (Å²) in [7, 11) is 0. The maximum absolute atomic E-state index is 6.50. The van der Waals surface area contributed by atoms with Crippen LogP contribution in [0.5, 0.6) is 0 Å². The van der Waals surface area contributed by atoms with Crippen molar-refractivity contribution < 1.29 is 4.42 Å². The molecule has 0 N–H and O–H groups in total. The van der Waals surface area contributed by atoms with Crippen LogP contribution < -0.4 is 0 Å². The molecule has 1 nitrogen and oxygen atoms in total. The third kappa shape index (κ3) is 3.41. The van der Waals surface area contributed by atoms with Gasteiger partial charge in [0.05, 0.1) is 0 Å². The fraction of sp³-hybridized carbons (Fsp3) is 0.600. The average Bonchev–Trinajstić information content (AvgIpc) is 3.43. The first-order chi connectivity index (χ1) is 20.3. The zero-order valence-electron chi connectivity index (χ0n) is 24.6. The molecule has 0 spiro atoms. The van der Waals surface area contributed by atoms with E-state index in [2.05, 4.69) is 54.6 Å². The van der Waals surface area contributed by atoms with E-state index in [0.29, 0.717) is 0 Å². The van der Waals surface area contributed by atoms with Gasteiger partial charge in [0.25, 0.3) is 0 Å². The maximum Gasteiger partial charge on any atom is 0.143 e. The fourth-order valence-electron chi connectivity index (χ4n) is 13.3. The quantitative estimate of drug-likeness (QED) is 0.233. The van der Waals surface area contributed by atoms with Gasteiger partial charge >= 0.3 is 0 Å². The van der Waals surface area contributed by atoms with Gasteiger partial charge in [0.2, 0.25) is 0 Å². The van der Waals surface area contributed by atoms with Crippen molar-refractivity contribution >= 4 is 32.7 Å². The van der Waals surface area contributed by atoms with E-state index in [1.807, 2.05) is 0 Å². The smallest absolute Gasteiger partial charge is 0.143 e. The van der Waals surface area contributed by atoms with Crippen molar-refractivity contribution in [3.63, 3.8) is 0 Å². The Morgan fingerprint density at radius 2 is 1.15 bits per heavy atom. The van der Waals surface area contributed by atoms with E-state index in [9.17, 15) is 0 Å². The van der Waals surface area contributed by atoms with Gasteiger partial charge in [-0.2, -0.15) is 0 Å².